The topological polar surface area (TPSA) is 89.0 Å². The number of nitrogens with zero attached hydrogens (tertiary/aromatic N) is 2. The molecule has 5 nitrogen and oxygen atoms in total. The minimum absolute atomic E-state index is 0.0667. The zero-order valence-electron chi connectivity index (χ0n) is 10.3. The van der Waals surface area contributed by atoms with Crippen LogP contribution in [0.5, 0.6) is 0 Å². The standard InChI is InChI=1S/C14H10BrN3O2/c15-13-2-1-10(17)6-12(13)14(19)20-8-9-3-4-18-11(5-9)7-16/h1-6H,8,17H2. The third kappa shape index (κ3) is 3.33. The molecular formula is C14H10BrN3O2. The third-order valence-electron chi connectivity index (χ3n) is 2.52. The van der Waals surface area contributed by atoms with Crippen LogP contribution in [0.1, 0.15) is 21.6 Å². The van der Waals surface area contributed by atoms with E-state index in [9.17, 15) is 4.79 Å². The number of nitrogens with two attached hydrogens (primary N) is 1. The quantitative estimate of drug-likeness (QED) is 0.689. The number of anilines is 1. The summed E-state index contributed by atoms with van der Waals surface area (Å²) in [6.45, 7) is 0.0667. The van der Waals surface area contributed by atoms with E-state index < -0.39 is 5.97 Å². The van der Waals surface area contributed by atoms with E-state index in [-0.39, 0.29) is 12.3 Å². The Balaban J connectivity index is 2.09. The predicted octanol–water partition coefficient (Wildman–Crippen LogP) is 2.65. The highest BCUT2D eigenvalue weighted by molar-refractivity contribution is 9.10. The summed E-state index contributed by atoms with van der Waals surface area (Å²) in [5.74, 6) is -0.487. The van der Waals surface area contributed by atoms with E-state index in [1.54, 1.807) is 30.3 Å². The molecule has 0 radical (unpaired) electrons. The molecule has 0 fully saturated rings. The van der Waals surface area contributed by atoms with Crippen molar-refractivity contribution in [2.45, 2.75) is 6.61 Å². The monoisotopic (exact) mass is 331 g/mol. The molecule has 0 bridgehead atoms. The number of halogens is 1. The minimum atomic E-state index is -0.487. The number of rotatable bonds is 3. The molecule has 0 aliphatic carbocycles. The van der Waals surface area contributed by atoms with Crippen molar-refractivity contribution in [3.8, 4) is 6.07 Å². The van der Waals surface area contributed by atoms with Gasteiger partial charge in [0.05, 0.1) is 5.56 Å². The molecule has 2 aromatic rings. The fourth-order valence-corrected chi connectivity index (χ4v) is 1.96. The molecule has 2 N–H and O–H groups in total. The number of hydrogen-bond acceptors (Lipinski definition) is 5. The van der Waals surface area contributed by atoms with E-state index in [0.29, 0.717) is 21.3 Å². The second-order valence-electron chi connectivity index (χ2n) is 3.98. The van der Waals surface area contributed by atoms with Gasteiger partial charge >= 0.3 is 5.97 Å². The van der Waals surface area contributed by atoms with E-state index in [1.165, 1.54) is 6.20 Å². The van der Waals surface area contributed by atoms with E-state index >= 15 is 0 Å². The van der Waals surface area contributed by atoms with Gasteiger partial charge < -0.3 is 10.5 Å². The summed E-state index contributed by atoms with van der Waals surface area (Å²) < 4.78 is 5.80. The van der Waals surface area contributed by atoms with Gasteiger partial charge in [-0.25, -0.2) is 9.78 Å². The van der Waals surface area contributed by atoms with Crippen LogP contribution >= 0.6 is 15.9 Å². The Hall–Kier alpha value is -2.39. The number of esters is 1. The average molecular weight is 332 g/mol. The lowest BCUT2D eigenvalue weighted by Gasteiger charge is -2.07. The van der Waals surface area contributed by atoms with Gasteiger partial charge in [-0.05, 0) is 51.8 Å². The maximum Gasteiger partial charge on any atom is 0.339 e. The van der Waals surface area contributed by atoms with Crippen LogP contribution in [0.2, 0.25) is 0 Å². The van der Waals surface area contributed by atoms with Gasteiger partial charge in [-0.3, -0.25) is 0 Å². The molecule has 0 unspecified atom stereocenters. The van der Waals surface area contributed by atoms with E-state index in [4.69, 9.17) is 15.7 Å². The van der Waals surface area contributed by atoms with Crippen molar-refractivity contribution in [1.29, 1.82) is 5.26 Å². The largest absolute Gasteiger partial charge is 0.457 e. The summed E-state index contributed by atoms with van der Waals surface area (Å²) in [4.78, 5) is 15.8. The van der Waals surface area contributed by atoms with Crippen LogP contribution in [0.3, 0.4) is 0 Å². The Labute approximate surface area is 124 Å². The average Bonchev–Trinajstić information content (AvgIpc) is 2.47. The number of nitrogen functional groups attached to an aromatic ring is 1. The molecule has 6 heteroatoms. The highest BCUT2D eigenvalue weighted by Gasteiger charge is 2.12. The predicted molar refractivity (Wildman–Crippen MR) is 76.6 cm³/mol. The first kappa shape index (κ1) is 14.0. The molecule has 1 heterocycles. The summed E-state index contributed by atoms with van der Waals surface area (Å²) in [5.41, 5.74) is 7.46. The van der Waals surface area contributed by atoms with Gasteiger partial charge in [-0.2, -0.15) is 5.26 Å². The van der Waals surface area contributed by atoms with E-state index in [1.807, 2.05) is 6.07 Å². The second-order valence-corrected chi connectivity index (χ2v) is 4.83. The van der Waals surface area contributed by atoms with Crippen LogP contribution < -0.4 is 5.73 Å². The molecule has 100 valence electrons. The minimum Gasteiger partial charge on any atom is -0.457 e. The first-order valence-electron chi connectivity index (χ1n) is 5.67. The molecular weight excluding hydrogens is 322 g/mol. The van der Waals surface area contributed by atoms with Crippen molar-refractivity contribution in [1.82, 2.24) is 4.98 Å². The van der Waals surface area contributed by atoms with Crippen LogP contribution in [0.4, 0.5) is 5.69 Å². The molecule has 20 heavy (non-hydrogen) atoms. The summed E-state index contributed by atoms with van der Waals surface area (Å²) in [6, 6.07) is 10.1. The second kappa shape index (κ2) is 6.17. The van der Waals surface area contributed by atoms with Crippen molar-refractivity contribution in [3.63, 3.8) is 0 Å². The molecule has 0 aliphatic heterocycles. The van der Waals surface area contributed by atoms with Crippen LogP contribution in [0.25, 0.3) is 0 Å². The van der Waals surface area contributed by atoms with Crippen LogP contribution in [0.15, 0.2) is 41.0 Å². The number of aromatic nitrogens is 1. The van der Waals surface area contributed by atoms with Crippen molar-refractivity contribution in [3.05, 3.63) is 57.8 Å². The number of carbonyl (C=O) groups excluding carboxylic acids is 1. The number of nitriles is 1. The van der Waals surface area contributed by atoms with Gasteiger partial charge in [0.2, 0.25) is 0 Å². The normalized spacial score (nSPS) is 9.80. The van der Waals surface area contributed by atoms with Crippen LogP contribution in [-0.2, 0) is 11.3 Å². The Morgan fingerprint density at radius 1 is 1.40 bits per heavy atom. The number of carbonyl (C=O) groups is 1. The smallest absolute Gasteiger partial charge is 0.339 e. The fraction of sp³-hybridized carbons (Fsp3) is 0.0714. The maximum atomic E-state index is 12.0. The molecule has 0 saturated heterocycles. The van der Waals surface area contributed by atoms with Gasteiger partial charge in [0.25, 0.3) is 0 Å². The van der Waals surface area contributed by atoms with Gasteiger partial charge in [0.1, 0.15) is 18.4 Å². The van der Waals surface area contributed by atoms with Crippen LogP contribution in [-0.4, -0.2) is 11.0 Å². The van der Waals surface area contributed by atoms with Gasteiger partial charge in [-0.1, -0.05) is 0 Å². The lowest BCUT2D eigenvalue weighted by Crippen LogP contribution is -2.07. The van der Waals surface area contributed by atoms with Crippen molar-refractivity contribution in [2.75, 3.05) is 5.73 Å². The Bertz CT molecular complexity index is 695. The van der Waals surface area contributed by atoms with Gasteiger partial charge in [0, 0.05) is 16.4 Å². The lowest BCUT2D eigenvalue weighted by molar-refractivity contribution is 0.0471. The highest BCUT2D eigenvalue weighted by Crippen LogP contribution is 2.20. The summed E-state index contributed by atoms with van der Waals surface area (Å²) >= 11 is 3.27. The molecule has 0 amide bonds. The number of hydrogen-bond donors (Lipinski definition) is 1. The van der Waals surface area contributed by atoms with Crippen molar-refractivity contribution >= 4 is 27.6 Å². The summed E-state index contributed by atoms with van der Waals surface area (Å²) in [6.07, 6.45) is 1.50. The molecule has 0 aliphatic rings. The van der Waals surface area contributed by atoms with Crippen molar-refractivity contribution in [2.24, 2.45) is 0 Å². The SMILES string of the molecule is N#Cc1cc(COC(=O)c2cc(N)ccc2Br)ccn1. The van der Waals surface area contributed by atoms with Crippen molar-refractivity contribution < 1.29 is 9.53 Å². The maximum absolute atomic E-state index is 12.0. The Kier molecular flexibility index (Phi) is 4.33. The fourth-order valence-electron chi connectivity index (χ4n) is 1.55. The number of benzene rings is 1. The lowest BCUT2D eigenvalue weighted by atomic mass is 10.2. The zero-order chi connectivity index (χ0) is 14.5. The molecule has 0 atom stereocenters. The molecule has 1 aromatic carbocycles. The molecule has 0 saturated carbocycles. The highest BCUT2D eigenvalue weighted by atomic mass is 79.9. The number of pyridine rings is 1. The van der Waals surface area contributed by atoms with Gasteiger partial charge in [-0.15, -0.1) is 0 Å². The Morgan fingerprint density at radius 3 is 2.95 bits per heavy atom. The molecule has 0 spiro atoms. The first-order chi connectivity index (χ1) is 9.60. The van der Waals surface area contributed by atoms with Crippen LogP contribution in [0, 0.1) is 11.3 Å². The summed E-state index contributed by atoms with van der Waals surface area (Å²) in [5, 5.41) is 8.74. The Morgan fingerprint density at radius 2 is 2.20 bits per heavy atom. The molecule has 2 rings (SSSR count). The number of ether oxygens (including phenoxy) is 1. The first-order valence-corrected chi connectivity index (χ1v) is 6.46. The summed E-state index contributed by atoms with van der Waals surface area (Å²) in [7, 11) is 0. The van der Waals surface area contributed by atoms with E-state index in [2.05, 4.69) is 20.9 Å². The van der Waals surface area contributed by atoms with Gasteiger partial charge in [0.15, 0.2) is 0 Å². The zero-order valence-corrected chi connectivity index (χ0v) is 11.9. The van der Waals surface area contributed by atoms with E-state index in [0.717, 1.165) is 0 Å². The third-order valence-corrected chi connectivity index (χ3v) is 3.21. The molecule has 1 aromatic heterocycles.